The molecule has 0 amide bonds. The highest BCUT2D eigenvalue weighted by molar-refractivity contribution is 5.78. The molecular formula is C18H18N2O2. The first-order valence-corrected chi connectivity index (χ1v) is 7.06. The lowest BCUT2D eigenvalue weighted by atomic mass is 10.0. The van der Waals surface area contributed by atoms with Crippen molar-refractivity contribution in [3.63, 3.8) is 0 Å². The van der Waals surface area contributed by atoms with E-state index in [1.807, 2.05) is 55.5 Å². The Bertz CT molecular complexity index is 694. The summed E-state index contributed by atoms with van der Waals surface area (Å²) in [5.41, 5.74) is 4.07. The fraction of sp³-hybridized carbons (Fsp3) is 0.167. The van der Waals surface area contributed by atoms with Crippen LogP contribution in [0.15, 0.2) is 48.5 Å². The standard InChI is InChI=1S/C18H18N2O2/c1-12-19-17(13-4-8-15(21-2)9-5-13)18(20-12)14-6-10-16(22-3)11-7-14/h4-11H,1-3H3,(H,19,20). The zero-order chi connectivity index (χ0) is 15.5. The number of nitrogens with one attached hydrogen (secondary N) is 1. The van der Waals surface area contributed by atoms with Gasteiger partial charge in [-0.05, 0) is 55.5 Å². The van der Waals surface area contributed by atoms with Crippen LogP contribution >= 0.6 is 0 Å². The van der Waals surface area contributed by atoms with Crippen molar-refractivity contribution < 1.29 is 9.47 Å². The number of hydrogen-bond donors (Lipinski definition) is 1. The molecule has 0 spiro atoms. The first kappa shape index (κ1) is 14.2. The molecule has 1 aromatic heterocycles. The first-order valence-electron chi connectivity index (χ1n) is 7.06. The molecule has 0 unspecified atom stereocenters. The monoisotopic (exact) mass is 294 g/mol. The number of aryl methyl sites for hydroxylation is 1. The van der Waals surface area contributed by atoms with E-state index in [1.54, 1.807) is 14.2 Å². The zero-order valence-electron chi connectivity index (χ0n) is 12.9. The fourth-order valence-electron chi connectivity index (χ4n) is 2.42. The first-order chi connectivity index (χ1) is 10.7. The number of benzene rings is 2. The van der Waals surface area contributed by atoms with Crippen molar-refractivity contribution in [1.82, 2.24) is 9.97 Å². The van der Waals surface area contributed by atoms with Crippen LogP contribution in [-0.2, 0) is 0 Å². The maximum Gasteiger partial charge on any atom is 0.118 e. The SMILES string of the molecule is COc1ccc(-c2nc(C)[nH]c2-c2ccc(OC)cc2)cc1. The number of nitrogens with zero attached hydrogens (tertiary/aromatic N) is 1. The second kappa shape index (κ2) is 5.93. The van der Waals surface area contributed by atoms with E-state index in [4.69, 9.17) is 9.47 Å². The van der Waals surface area contributed by atoms with Crippen LogP contribution in [0.5, 0.6) is 11.5 Å². The van der Waals surface area contributed by atoms with Crippen LogP contribution in [0.25, 0.3) is 22.5 Å². The molecule has 0 fully saturated rings. The summed E-state index contributed by atoms with van der Waals surface area (Å²) in [7, 11) is 3.33. The molecule has 0 bridgehead atoms. The molecule has 4 heteroatoms. The number of imidazole rings is 1. The normalized spacial score (nSPS) is 10.5. The van der Waals surface area contributed by atoms with Crippen LogP contribution in [0.1, 0.15) is 5.82 Å². The Morgan fingerprint density at radius 2 is 1.27 bits per heavy atom. The lowest BCUT2D eigenvalue weighted by Gasteiger charge is -2.06. The molecule has 0 aliphatic heterocycles. The molecule has 0 saturated carbocycles. The van der Waals surface area contributed by atoms with Gasteiger partial charge in [0.1, 0.15) is 17.3 Å². The van der Waals surface area contributed by atoms with Crippen LogP contribution in [0, 0.1) is 6.92 Å². The highest BCUT2D eigenvalue weighted by Gasteiger charge is 2.12. The molecule has 0 radical (unpaired) electrons. The quantitative estimate of drug-likeness (QED) is 0.789. The van der Waals surface area contributed by atoms with Gasteiger partial charge in [-0.1, -0.05) is 0 Å². The summed E-state index contributed by atoms with van der Waals surface area (Å²) in [6, 6.07) is 15.9. The molecule has 112 valence electrons. The number of rotatable bonds is 4. The van der Waals surface area contributed by atoms with E-state index in [1.165, 1.54) is 0 Å². The number of aromatic nitrogens is 2. The summed E-state index contributed by atoms with van der Waals surface area (Å²) < 4.78 is 10.4. The molecule has 1 N–H and O–H groups in total. The number of aromatic amines is 1. The van der Waals surface area contributed by atoms with Gasteiger partial charge in [0.15, 0.2) is 0 Å². The Kier molecular flexibility index (Phi) is 3.83. The van der Waals surface area contributed by atoms with Crippen molar-refractivity contribution >= 4 is 0 Å². The second-order valence-electron chi connectivity index (χ2n) is 5.00. The Labute approximate surface area is 129 Å². The number of hydrogen-bond acceptors (Lipinski definition) is 3. The van der Waals surface area contributed by atoms with E-state index in [-0.39, 0.29) is 0 Å². The predicted molar refractivity (Wildman–Crippen MR) is 87.3 cm³/mol. The van der Waals surface area contributed by atoms with Gasteiger partial charge in [0.05, 0.1) is 25.6 Å². The lowest BCUT2D eigenvalue weighted by molar-refractivity contribution is 0.414. The largest absolute Gasteiger partial charge is 0.497 e. The van der Waals surface area contributed by atoms with Crippen LogP contribution < -0.4 is 9.47 Å². The molecule has 2 aromatic carbocycles. The van der Waals surface area contributed by atoms with Gasteiger partial charge in [-0.2, -0.15) is 0 Å². The van der Waals surface area contributed by atoms with Crippen molar-refractivity contribution in [2.75, 3.05) is 14.2 Å². The Balaban J connectivity index is 2.04. The Morgan fingerprint density at radius 1 is 0.773 bits per heavy atom. The van der Waals surface area contributed by atoms with Gasteiger partial charge >= 0.3 is 0 Å². The molecule has 0 saturated heterocycles. The summed E-state index contributed by atoms with van der Waals surface area (Å²) in [5.74, 6) is 2.56. The van der Waals surface area contributed by atoms with Gasteiger partial charge in [-0.3, -0.25) is 0 Å². The van der Waals surface area contributed by atoms with E-state index in [0.29, 0.717) is 0 Å². The van der Waals surface area contributed by atoms with Crippen LogP contribution in [0.2, 0.25) is 0 Å². The molecule has 0 aliphatic rings. The average molecular weight is 294 g/mol. The molecule has 0 aliphatic carbocycles. The second-order valence-corrected chi connectivity index (χ2v) is 5.00. The Hall–Kier alpha value is -2.75. The van der Waals surface area contributed by atoms with E-state index in [2.05, 4.69) is 9.97 Å². The van der Waals surface area contributed by atoms with Crippen molar-refractivity contribution in [2.24, 2.45) is 0 Å². The third-order valence-corrected chi connectivity index (χ3v) is 3.56. The van der Waals surface area contributed by atoms with Gasteiger partial charge < -0.3 is 14.5 Å². The molecule has 22 heavy (non-hydrogen) atoms. The maximum atomic E-state index is 5.21. The molecule has 3 aromatic rings. The highest BCUT2D eigenvalue weighted by atomic mass is 16.5. The minimum Gasteiger partial charge on any atom is -0.497 e. The van der Waals surface area contributed by atoms with Crippen molar-refractivity contribution in [1.29, 1.82) is 0 Å². The highest BCUT2D eigenvalue weighted by Crippen LogP contribution is 2.31. The number of H-pyrrole nitrogens is 1. The summed E-state index contributed by atoms with van der Waals surface area (Å²) >= 11 is 0. The molecule has 3 rings (SSSR count). The zero-order valence-corrected chi connectivity index (χ0v) is 12.9. The van der Waals surface area contributed by atoms with Crippen LogP contribution in [0.4, 0.5) is 0 Å². The van der Waals surface area contributed by atoms with Gasteiger partial charge in [-0.15, -0.1) is 0 Å². The van der Waals surface area contributed by atoms with Crippen molar-refractivity contribution in [3.8, 4) is 34.0 Å². The lowest BCUT2D eigenvalue weighted by Crippen LogP contribution is -1.87. The van der Waals surface area contributed by atoms with Crippen LogP contribution in [0.3, 0.4) is 0 Å². The van der Waals surface area contributed by atoms with E-state index >= 15 is 0 Å². The number of methoxy groups -OCH3 is 2. The third kappa shape index (κ3) is 2.68. The van der Waals surface area contributed by atoms with E-state index < -0.39 is 0 Å². The summed E-state index contributed by atoms with van der Waals surface area (Å²) in [4.78, 5) is 7.97. The molecule has 1 heterocycles. The van der Waals surface area contributed by atoms with Gasteiger partial charge in [0, 0.05) is 11.1 Å². The van der Waals surface area contributed by atoms with Crippen molar-refractivity contribution in [2.45, 2.75) is 6.92 Å². The predicted octanol–water partition coefficient (Wildman–Crippen LogP) is 4.07. The fourth-order valence-corrected chi connectivity index (χ4v) is 2.42. The van der Waals surface area contributed by atoms with Gasteiger partial charge in [-0.25, -0.2) is 4.98 Å². The van der Waals surface area contributed by atoms with Gasteiger partial charge in [0.2, 0.25) is 0 Å². The van der Waals surface area contributed by atoms with Gasteiger partial charge in [0.25, 0.3) is 0 Å². The summed E-state index contributed by atoms with van der Waals surface area (Å²) in [6.45, 7) is 1.96. The van der Waals surface area contributed by atoms with E-state index in [9.17, 15) is 0 Å². The minimum atomic E-state index is 0.835. The smallest absolute Gasteiger partial charge is 0.118 e. The van der Waals surface area contributed by atoms with Crippen LogP contribution in [-0.4, -0.2) is 24.2 Å². The third-order valence-electron chi connectivity index (χ3n) is 3.56. The summed E-state index contributed by atoms with van der Waals surface area (Å²) in [6.07, 6.45) is 0. The minimum absolute atomic E-state index is 0.835. The molecule has 4 nitrogen and oxygen atoms in total. The van der Waals surface area contributed by atoms with E-state index in [0.717, 1.165) is 39.8 Å². The Morgan fingerprint density at radius 3 is 1.77 bits per heavy atom. The molecular weight excluding hydrogens is 276 g/mol. The average Bonchev–Trinajstić information content (AvgIpc) is 2.97. The topological polar surface area (TPSA) is 47.1 Å². The molecule has 0 atom stereocenters. The van der Waals surface area contributed by atoms with Crippen molar-refractivity contribution in [3.05, 3.63) is 54.4 Å². The summed E-state index contributed by atoms with van der Waals surface area (Å²) in [5, 5.41) is 0. The maximum absolute atomic E-state index is 5.21. The number of ether oxygens (including phenoxy) is 2.